The van der Waals surface area contributed by atoms with Gasteiger partial charge in [0.15, 0.2) is 5.76 Å². The first kappa shape index (κ1) is 22.4. The van der Waals surface area contributed by atoms with Gasteiger partial charge in [-0.2, -0.15) is 0 Å². The first-order valence-corrected chi connectivity index (χ1v) is 10.8. The van der Waals surface area contributed by atoms with Crippen LogP contribution < -0.4 is 4.74 Å². The van der Waals surface area contributed by atoms with Crippen LogP contribution in [0, 0.1) is 11.3 Å². The number of hydrogen-bond donors (Lipinski definition) is 0. The molecule has 1 aromatic heterocycles. The number of ether oxygens (including phenoxy) is 2. The molecule has 3 rings (SSSR count). The van der Waals surface area contributed by atoms with Crippen LogP contribution in [0.15, 0.2) is 47.1 Å². The van der Waals surface area contributed by atoms with E-state index >= 15 is 0 Å². The quantitative estimate of drug-likeness (QED) is 0.569. The monoisotopic (exact) mass is 413 g/mol. The molecule has 1 fully saturated rings. The number of rotatable bonds is 8. The fourth-order valence-corrected chi connectivity index (χ4v) is 4.63. The highest BCUT2D eigenvalue weighted by Crippen LogP contribution is 2.47. The van der Waals surface area contributed by atoms with E-state index in [0.717, 1.165) is 37.2 Å². The van der Waals surface area contributed by atoms with Crippen molar-refractivity contribution in [1.29, 1.82) is 0 Å². The predicted molar refractivity (Wildman–Crippen MR) is 118 cm³/mol. The Morgan fingerprint density at radius 1 is 1.20 bits per heavy atom. The Hall–Kier alpha value is -2.27. The van der Waals surface area contributed by atoms with Gasteiger partial charge >= 0.3 is 0 Å². The van der Waals surface area contributed by atoms with Crippen molar-refractivity contribution in [3.05, 3.63) is 54.0 Å². The van der Waals surface area contributed by atoms with E-state index in [4.69, 9.17) is 13.9 Å². The smallest absolute Gasteiger partial charge is 0.289 e. The number of carbonyl (C=O) groups excluding carboxylic acids is 1. The highest BCUT2D eigenvalue weighted by molar-refractivity contribution is 5.91. The summed E-state index contributed by atoms with van der Waals surface area (Å²) in [5.41, 5.74) is 1.10. The minimum absolute atomic E-state index is 0.0685. The van der Waals surface area contributed by atoms with Gasteiger partial charge in [-0.25, -0.2) is 0 Å². The molecule has 0 radical (unpaired) electrons. The van der Waals surface area contributed by atoms with Gasteiger partial charge in [0.2, 0.25) is 0 Å². The van der Waals surface area contributed by atoms with Crippen LogP contribution in [-0.2, 0) is 11.3 Å². The van der Waals surface area contributed by atoms with Gasteiger partial charge in [-0.05, 0) is 74.3 Å². The van der Waals surface area contributed by atoms with Gasteiger partial charge in [0.1, 0.15) is 5.75 Å². The molecule has 1 saturated heterocycles. The van der Waals surface area contributed by atoms with Crippen LogP contribution in [0.2, 0.25) is 0 Å². The summed E-state index contributed by atoms with van der Waals surface area (Å²) < 4.78 is 16.7. The minimum atomic E-state index is -0.131. The number of furan rings is 1. The van der Waals surface area contributed by atoms with E-state index in [1.807, 2.05) is 29.2 Å². The molecule has 1 aliphatic heterocycles. The summed E-state index contributed by atoms with van der Waals surface area (Å²) in [7, 11) is 1.66. The predicted octanol–water partition coefficient (Wildman–Crippen LogP) is 5.55. The molecule has 5 nitrogen and oxygen atoms in total. The zero-order valence-electron chi connectivity index (χ0n) is 18.9. The Labute approximate surface area is 180 Å². The van der Waals surface area contributed by atoms with Crippen LogP contribution in [0.5, 0.6) is 5.75 Å². The van der Waals surface area contributed by atoms with Crippen molar-refractivity contribution in [2.45, 2.75) is 59.1 Å². The maximum absolute atomic E-state index is 13.2. The highest BCUT2D eigenvalue weighted by atomic mass is 16.5. The number of hydrogen-bond acceptors (Lipinski definition) is 4. The summed E-state index contributed by atoms with van der Waals surface area (Å²) in [6.07, 6.45) is 4.53. The average Bonchev–Trinajstić information content (AvgIpc) is 3.25. The fourth-order valence-electron chi connectivity index (χ4n) is 4.63. The van der Waals surface area contributed by atoms with Crippen molar-refractivity contribution in [2.24, 2.45) is 11.3 Å². The number of methoxy groups -OCH3 is 1. The van der Waals surface area contributed by atoms with E-state index in [1.165, 1.54) is 0 Å². The molecule has 0 spiro atoms. The lowest BCUT2D eigenvalue weighted by Gasteiger charge is -2.48. The molecule has 2 aromatic rings. The van der Waals surface area contributed by atoms with Crippen LogP contribution >= 0.6 is 0 Å². The van der Waals surface area contributed by atoms with E-state index in [1.54, 1.807) is 25.5 Å². The Bertz CT molecular complexity index is 810. The maximum atomic E-state index is 13.2. The average molecular weight is 414 g/mol. The molecule has 2 heterocycles. The third-order valence-electron chi connectivity index (χ3n) is 6.53. The van der Waals surface area contributed by atoms with Crippen molar-refractivity contribution in [1.82, 2.24) is 4.90 Å². The molecule has 0 unspecified atom stereocenters. The first-order valence-electron chi connectivity index (χ1n) is 10.8. The van der Waals surface area contributed by atoms with Gasteiger partial charge < -0.3 is 18.8 Å². The van der Waals surface area contributed by atoms with Crippen LogP contribution in [0.3, 0.4) is 0 Å². The van der Waals surface area contributed by atoms with Crippen molar-refractivity contribution >= 4 is 5.91 Å². The van der Waals surface area contributed by atoms with Crippen LogP contribution in [0.25, 0.3) is 0 Å². The highest BCUT2D eigenvalue weighted by Gasteiger charge is 2.43. The lowest BCUT2D eigenvalue weighted by molar-refractivity contribution is -0.122. The molecule has 0 bridgehead atoms. The number of nitrogens with zero attached hydrogens (tertiary/aromatic N) is 1. The summed E-state index contributed by atoms with van der Waals surface area (Å²) >= 11 is 0. The van der Waals surface area contributed by atoms with Gasteiger partial charge in [-0.3, -0.25) is 4.79 Å². The molecule has 0 saturated carbocycles. The summed E-state index contributed by atoms with van der Waals surface area (Å²) in [5, 5.41) is 0. The normalized spacial score (nSPS) is 20.9. The molecule has 1 atom stereocenters. The maximum Gasteiger partial charge on any atom is 0.289 e. The Kier molecular flexibility index (Phi) is 6.91. The van der Waals surface area contributed by atoms with E-state index in [0.29, 0.717) is 24.8 Å². The van der Waals surface area contributed by atoms with Crippen molar-refractivity contribution in [3.8, 4) is 5.75 Å². The Balaban J connectivity index is 1.79. The molecular weight excluding hydrogens is 378 g/mol. The third kappa shape index (κ3) is 5.25. The van der Waals surface area contributed by atoms with Crippen molar-refractivity contribution in [2.75, 3.05) is 20.3 Å². The second-order valence-electron chi connectivity index (χ2n) is 9.35. The molecule has 1 aromatic carbocycles. The van der Waals surface area contributed by atoms with Gasteiger partial charge in [-0.15, -0.1) is 0 Å². The van der Waals surface area contributed by atoms with Gasteiger partial charge in [0.25, 0.3) is 5.91 Å². The zero-order valence-corrected chi connectivity index (χ0v) is 18.9. The SMILES string of the molecule is COc1ccc(CN(CC[C@]2(C(C)C)CCOC(C)(C)C2)C(=O)c2ccco2)cc1. The lowest BCUT2D eigenvalue weighted by Crippen LogP contribution is -2.46. The fraction of sp³-hybridized carbons (Fsp3) is 0.560. The lowest BCUT2D eigenvalue weighted by atomic mass is 9.65. The number of benzene rings is 1. The molecule has 1 aliphatic rings. The molecule has 5 heteroatoms. The van der Waals surface area contributed by atoms with Crippen molar-refractivity contribution in [3.63, 3.8) is 0 Å². The molecule has 0 aliphatic carbocycles. The number of amides is 1. The largest absolute Gasteiger partial charge is 0.497 e. The Morgan fingerprint density at radius 2 is 1.93 bits per heavy atom. The van der Waals surface area contributed by atoms with Crippen LogP contribution in [-0.4, -0.2) is 36.7 Å². The van der Waals surface area contributed by atoms with Crippen molar-refractivity contribution < 1.29 is 18.7 Å². The second kappa shape index (κ2) is 9.25. The second-order valence-corrected chi connectivity index (χ2v) is 9.35. The topological polar surface area (TPSA) is 51.9 Å². The van der Waals surface area contributed by atoms with Crippen LogP contribution in [0.1, 0.15) is 63.1 Å². The summed E-state index contributed by atoms with van der Waals surface area (Å²) in [6, 6.07) is 11.4. The molecule has 1 amide bonds. The number of carbonyl (C=O) groups is 1. The van der Waals surface area contributed by atoms with E-state index < -0.39 is 0 Å². The van der Waals surface area contributed by atoms with E-state index in [2.05, 4.69) is 27.7 Å². The van der Waals surface area contributed by atoms with E-state index in [-0.39, 0.29) is 16.9 Å². The third-order valence-corrected chi connectivity index (χ3v) is 6.53. The standard InChI is InChI=1S/C25H35NO4/c1-19(2)25(13-16-30-24(3,4)18-25)12-14-26(23(27)22-7-6-15-29-22)17-20-8-10-21(28-5)11-9-20/h6-11,15,19H,12-14,16-18H2,1-5H3/t25-/m0/s1. The van der Waals surface area contributed by atoms with Gasteiger partial charge in [-0.1, -0.05) is 26.0 Å². The molecule has 0 N–H and O–H groups in total. The zero-order chi connectivity index (χ0) is 21.8. The van der Waals surface area contributed by atoms with Gasteiger partial charge in [0.05, 0.1) is 19.0 Å². The summed E-state index contributed by atoms with van der Waals surface area (Å²) in [4.78, 5) is 15.1. The summed E-state index contributed by atoms with van der Waals surface area (Å²) in [5.74, 6) is 1.64. The van der Waals surface area contributed by atoms with E-state index in [9.17, 15) is 4.79 Å². The van der Waals surface area contributed by atoms with Crippen LogP contribution in [0.4, 0.5) is 0 Å². The summed E-state index contributed by atoms with van der Waals surface area (Å²) in [6.45, 7) is 10.9. The molecular formula is C25H35NO4. The molecule has 30 heavy (non-hydrogen) atoms. The first-order chi connectivity index (χ1) is 14.2. The van der Waals surface area contributed by atoms with Gasteiger partial charge in [0, 0.05) is 19.7 Å². The Morgan fingerprint density at radius 3 is 2.50 bits per heavy atom. The minimum Gasteiger partial charge on any atom is -0.497 e. The molecule has 164 valence electrons.